The average Bonchev–Trinajstić information content (AvgIpc) is 2.24. The van der Waals surface area contributed by atoms with Crippen LogP contribution in [0.25, 0.3) is 0 Å². The van der Waals surface area contributed by atoms with Gasteiger partial charge in [0.25, 0.3) is 0 Å². The fourth-order valence-electron chi connectivity index (χ4n) is 1.77. The summed E-state index contributed by atoms with van der Waals surface area (Å²) in [6, 6.07) is 0. The molecule has 18 heavy (non-hydrogen) atoms. The van der Waals surface area contributed by atoms with Gasteiger partial charge in [0.1, 0.15) is 0 Å². The predicted octanol–water partition coefficient (Wildman–Crippen LogP) is -0.243. The third kappa shape index (κ3) is 19.1. The molecular weight excluding hydrogens is 246 g/mol. The molecule has 0 aromatic heterocycles. The van der Waals surface area contributed by atoms with Crippen LogP contribution in [-0.2, 0) is 9.09 Å². The van der Waals surface area contributed by atoms with Crippen molar-refractivity contribution in [3.05, 3.63) is 0 Å². The van der Waals surface area contributed by atoms with Crippen LogP contribution in [-0.4, -0.2) is 6.61 Å². The summed E-state index contributed by atoms with van der Waals surface area (Å²) in [4.78, 5) is 20.3. The molecule has 0 radical (unpaired) electrons. The minimum atomic E-state index is -4.74. The van der Waals surface area contributed by atoms with Crippen LogP contribution >= 0.6 is 7.82 Å². The van der Waals surface area contributed by atoms with E-state index in [-0.39, 0.29) is 25.5 Å². The second-order valence-electron chi connectivity index (χ2n) is 4.46. The number of hydrogen-bond acceptors (Lipinski definition) is 4. The number of unbranched alkanes of at least 4 members (excludes halogenated alkanes) is 9. The fourth-order valence-corrected chi connectivity index (χ4v) is 2.12. The van der Waals surface area contributed by atoms with Gasteiger partial charge in [0.2, 0.25) is 0 Å². The van der Waals surface area contributed by atoms with Crippen LogP contribution in [0.2, 0.25) is 0 Å². The summed E-state index contributed by atoms with van der Waals surface area (Å²) in [5.74, 6) is 0. The summed E-state index contributed by atoms with van der Waals surface area (Å²) in [6.45, 7) is 2.26. The minimum absolute atomic E-state index is 0. The molecule has 0 saturated carbocycles. The average molecular weight is 271 g/mol. The van der Waals surface area contributed by atoms with Crippen molar-refractivity contribution >= 4 is 7.82 Å². The Kier molecular flexibility index (Phi) is 16.5. The third-order valence-corrected chi connectivity index (χ3v) is 3.25. The zero-order valence-corrected chi connectivity index (χ0v) is 12.8. The Morgan fingerprint density at radius 1 is 0.833 bits per heavy atom. The van der Waals surface area contributed by atoms with E-state index < -0.39 is 7.82 Å². The SMILES string of the molecule is CCCCCCCCCCCCOP(=O)([O-])[O-].[Li+]. The second-order valence-corrected chi connectivity index (χ2v) is 5.62. The molecule has 0 rings (SSSR count). The van der Waals surface area contributed by atoms with Crippen molar-refractivity contribution in [3.63, 3.8) is 0 Å². The Morgan fingerprint density at radius 2 is 1.22 bits per heavy atom. The predicted molar refractivity (Wildman–Crippen MR) is 65.4 cm³/mol. The topological polar surface area (TPSA) is 72.4 Å². The molecule has 6 heteroatoms. The maximum Gasteiger partial charge on any atom is 1.00 e. The van der Waals surface area contributed by atoms with E-state index in [1.54, 1.807) is 0 Å². The van der Waals surface area contributed by atoms with Gasteiger partial charge in [0.05, 0.1) is 14.4 Å². The van der Waals surface area contributed by atoms with Gasteiger partial charge in [-0.1, -0.05) is 64.7 Å². The van der Waals surface area contributed by atoms with Crippen molar-refractivity contribution in [1.29, 1.82) is 0 Å². The number of rotatable bonds is 12. The van der Waals surface area contributed by atoms with Crippen LogP contribution in [0.5, 0.6) is 0 Å². The fraction of sp³-hybridized carbons (Fsp3) is 1.00. The van der Waals surface area contributed by atoms with Crippen molar-refractivity contribution in [1.82, 2.24) is 0 Å². The summed E-state index contributed by atoms with van der Waals surface area (Å²) in [7, 11) is -4.74. The van der Waals surface area contributed by atoms with Gasteiger partial charge in [-0.15, -0.1) is 0 Å². The van der Waals surface area contributed by atoms with Crippen molar-refractivity contribution in [2.45, 2.75) is 71.1 Å². The van der Waals surface area contributed by atoms with E-state index in [0.29, 0.717) is 6.42 Å². The van der Waals surface area contributed by atoms with Gasteiger partial charge < -0.3 is 18.9 Å². The Labute approximate surface area is 123 Å². The zero-order chi connectivity index (χ0) is 13.0. The van der Waals surface area contributed by atoms with E-state index in [9.17, 15) is 14.4 Å². The smallest absolute Gasteiger partial charge is 0.790 e. The van der Waals surface area contributed by atoms with E-state index in [2.05, 4.69) is 11.4 Å². The minimum Gasteiger partial charge on any atom is -0.790 e. The summed E-state index contributed by atoms with van der Waals surface area (Å²) in [5, 5.41) is 0. The molecule has 0 heterocycles. The standard InChI is InChI=1S/C12H27O4P.Li/c1-2-3-4-5-6-7-8-9-10-11-12-16-17(13,14)15;/h2-12H2,1H3,(H2,13,14,15);/q;+1/p-2. The molecule has 0 aliphatic carbocycles. The monoisotopic (exact) mass is 271 g/mol. The molecule has 0 aromatic rings. The van der Waals surface area contributed by atoms with Crippen molar-refractivity contribution < 1.29 is 37.7 Å². The molecule has 0 atom stereocenters. The van der Waals surface area contributed by atoms with E-state index >= 15 is 0 Å². The Hall–Kier alpha value is 0.707. The normalized spacial score (nSPS) is 11.3. The summed E-state index contributed by atoms with van der Waals surface area (Å²) in [5.41, 5.74) is 0. The summed E-state index contributed by atoms with van der Waals surface area (Å²) < 4.78 is 14.3. The van der Waals surface area contributed by atoms with Crippen LogP contribution in [0.4, 0.5) is 0 Å². The van der Waals surface area contributed by atoms with E-state index in [0.717, 1.165) is 12.8 Å². The number of phosphoric acid groups is 1. The largest absolute Gasteiger partial charge is 1.00 e. The van der Waals surface area contributed by atoms with E-state index in [4.69, 9.17) is 0 Å². The van der Waals surface area contributed by atoms with Gasteiger partial charge in [0.15, 0.2) is 0 Å². The molecule has 0 bridgehead atoms. The van der Waals surface area contributed by atoms with Crippen molar-refractivity contribution in [2.24, 2.45) is 0 Å². The zero-order valence-electron chi connectivity index (χ0n) is 11.9. The molecule has 4 nitrogen and oxygen atoms in total. The van der Waals surface area contributed by atoms with Crippen LogP contribution in [0.1, 0.15) is 71.1 Å². The van der Waals surface area contributed by atoms with Crippen molar-refractivity contribution in [2.75, 3.05) is 6.61 Å². The Balaban J connectivity index is 0. The molecule has 0 fully saturated rings. The molecule has 0 spiro atoms. The number of hydrogen-bond donors (Lipinski definition) is 0. The van der Waals surface area contributed by atoms with Crippen LogP contribution in [0.3, 0.4) is 0 Å². The maximum atomic E-state index is 10.1. The first kappa shape index (κ1) is 21.0. The van der Waals surface area contributed by atoms with Gasteiger partial charge in [-0.25, -0.2) is 0 Å². The summed E-state index contributed by atoms with van der Waals surface area (Å²) in [6.07, 6.45) is 11.7. The number of phosphoric ester groups is 1. The van der Waals surface area contributed by atoms with Gasteiger partial charge in [0, 0.05) is 0 Å². The Morgan fingerprint density at radius 3 is 1.61 bits per heavy atom. The second kappa shape index (κ2) is 14.1. The summed E-state index contributed by atoms with van der Waals surface area (Å²) >= 11 is 0. The first-order chi connectivity index (χ1) is 8.06. The van der Waals surface area contributed by atoms with Gasteiger partial charge in [-0.3, -0.25) is 0 Å². The van der Waals surface area contributed by atoms with Crippen LogP contribution in [0, 0.1) is 0 Å². The van der Waals surface area contributed by atoms with Crippen molar-refractivity contribution in [3.8, 4) is 0 Å². The first-order valence-electron chi connectivity index (χ1n) is 6.73. The molecule has 0 aliphatic heterocycles. The molecule has 0 amide bonds. The van der Waals surface area contributed by atoms with Gasteiger partial charge in [-0.2, -0.15) is 0 Å². The molecule has 0 saturated heterocycles. The van der Waals surface area contributed by atoms with Crippen LogP contribution in [0.15, 0.2) is 0 Å². The van der Waals surface area contributed by atoms with Gasteiger partial charge in [-0.05, 0) is 6.42 Å². The van der Waals surface area contributed by atoms with E-state index in [1.165, 1.54) is 44.9 Å². The quantitative estimate of drug-likeness (QED) is 0.279. The molecule has 0 unspecified atom stereocenters. The maximum absolute atomic E-state index is 10.1. The molecule has 0 aliphatic rings. The van der Waals surface area contributed by atoms with Gasteiger partial charge >= 0.3 is 18.9 Å². The van der Waals surface area contributed by atoms with E-state index in [1.807, 2.05) is 0 Å². The molecular formula is C12H25LiO4P-. The Bertz CT molecular complexity index is 208. The molecule has 0 aromatic carbocycles. The molecule has 0 N–H and O–H groups in total. The first-order valence-corrected chi connectivity index (χ1v) is 8.19. The van der Waals surface area contributed by atoms with Crippen LogP contribution < -0.4 is 28.6 Å². The third-order valence-electron chi connectivity index (χ3n) is 2.75. The molecule has 104 valence electrons.